The van der Waals surface area contributed by atoms with Gasteiger partial charge < -0.3 is 4.74 Å². The zero-order valence-corrected chi connectivity index (χ0v) is 12.1. The van der Waals surface area contributed by atoms with E-state index in [0.29, 0.717) is 16.9 Å². The highest BCUT2D eigenvalue weighted by Crippen LogP contribution is 2.29. The number of hydrogen-bond donors (Lipinski definition) is 0. The zero-order chi connectivity index (χ0) is 14.9. The van der Waals surface area contributed by atoms with Crippen molar-refractivity contribution in [2.24, 2.45) is 0 Å². The Hall–Kier alpha value is -2.16. The second-order valence-electron chi connectivity index (χ2n) is 4.88. The van der Waals surface area contributed by atoms with Crippen molar-refractivity contribution in [2.45, 2.75) is 20.8 Å². The first-order valence-corrected chi connectivity index (χ1v) is 6.40. The molecule has 0 bridgehead atoms. The van der Waals surface area contributed by atoms with E-state index in [0.717, 1.165) is 16.7 Å². The van der Waals surface area contributed by atoms with Gasteiger partial charge in [0.1, 0.15) is 11.6 Å². The predicted octanol–water partition coefficient (Wildman–Crippen LogP) is 3.99. The Morgan fingerprint density at radius 1 is 1.00 bits per heavy atom. The summed E-state index contributed by atoms with van der Waals surface area (Å²) in [6, 6.07) is 7.83. The molecule has 3 heteroatoms. The van der Waals surface area contributed by atoms with Crippen molar-refractivity contribution in [1.82, 2.24) is 0 Å². The summed E-state index contributed by atoms with van der Waals surface area (Å²) in [4.78, 5) is 12.6. The zero-order valence-electron chi connectivity index (χ0n) is 12.1. The first-order chi connectivity index (χ1) is 9.45. The van der Waals surface area contributed by atoms with Crippen LogP contribution in [0.15, 0.2) is 30.3 Å². The normalized spacial score (nSPS) is 10.4. The molecule has 20 heavy (non-hydrogen) atoms. The largest absolute Gasteiger partial charge is 0.496 e. The lowest BCUT2D eigenvalue weighted by atomic mass is 9.95. The molecule has 0 heterocycles. The van der Waals surface area contributed by atoms with Crippen LogP contribution in [0.5, 0.6) is 5.75 Å². The van der Waals surface area contributed by atoms with Gasteiger partial charge in [0.25, 0.3) is 0 Å². The molecule has 0 aliphatic heterocycles. The minimum atomic E-state index is -0.415. The summed E-state index contributed by atoms with van der Waals surface area (Å²) in [7, 11) is 1.54. The van der Waals surface area contributed by atoms with E-state index in [1.807, 2.05) is 19.9 Å². The van der Waals surface area contributed by atoms with Gasteiger partial charge in [0, 0.05) is 5.56 Å². The van der Waals surface area contributed by atoms with Crippen molar-refractivity contribution in [3.63, 3.8) is 0 Å². The summed E-state index contributed by atoms with van der Waals surface area (Å²) in [5.74, 6) is -0.0811. The van der Waals surface area contributed by atoms with Gasteiger partial charge in [0.15, 0.2) is 5.78 Å². The number of ether oxygens (including phenoxy) is 1. The average molecular weight is 272 g/mol. The number of rotatable bonds is 3. The number of halogens is 1. The summed E-state index contributed by atoms with van der Waals surface area (Å²) in [5.41, 5.74) is 3.55. The predicted molar refractivity (Wildman–Crippen MR) is 77.0 cm³/mol. The molecule has 2 aromatic carbocycles. The summed E-state index contributed by atoms with van der Waals surface area (Å²) < 4.78 is 18.7. The maximum Gasteiger partial charge on any atom is 0.197 e. The molecular weight excluding hydrogens is 255 g/mol. The average Bonchev–Trinajstić information content (AvgIpc) is 2.43. The van der Waals surface area contributed by atoms with Gasteiger partial charge in [-0.15, -0.1) is 0 Å². The molecule has 0 radical (unpaired) electrons. The Morgan fingerprint density at radius 2 is 1.65 bits per heavy atom. The fourth-order valence-electron chi connectivity index (χ4n) is 2.22. The highest BCUT2D eigenvalue weighted by Gasteiger charge is 2.19. The van der Waals surface area contributed by atoms with Gasteiger partial charge in [-0.05, 0) is 55.7 Å². The smallest absolute Gasteiger partial charge is 0.197 e. The summed E-state index contributed by atoms with van der Waals surface area (Å²) in [6.45, 7) is 5.66. The van der Waals surface area contributed by atoms with Crippen LogP contribution in [0.25, 0.3) is 0 Å². The highest BCUT2D eigenvalue weighted by atomic mass is 19.1. The molecule has 0 amide bonds. The van der Waals surface area contributed by atoms with Gasteiger partial charge >= 0.3 is 0 Å². The van der Waals surface area contributed by atoms with Gasteiger partial charge in [0.05, 0.1) is 12.7 Å². The van der Waals surface area contributed by atoms with Crippen LogP contribution in [0.3, 0.4) is 0 Å². The molecule has 0 saturated carbocycles. The molecule has 0 atom stereocenters. The first kappa shape index (κ1) is 14.3. The van der Waals surface area contributed by atoms with Crippen LogP contribution < -0.4 is 4.74 Å². The molecule has 2 rings (SSSR count). The first-order valence-electron chi connectivity index (χ1n) is 6.40. The number of carbonyl (C=O) groups is 1. The maximum atomic E-state index is 13.4. The van der Waals surface area contributed by atoms with Crippen LogP contribution in [0.1, 0.15) is 32.6 Å². The molecule has 0 aromatic heterocycles. The van der Waals surface area contributed by atoms with Crippen molar-refractivity contribution in [1.29, 1.82) is 0 Å². The standard InChI is InChI=1S/C17H17FO2/c1-10-6-8-14(17(20-4)12(10)3)16(19)15-9-13(18)7-5-11(15)2/h5-9H,1-4H3. The topological polar surface area (TPSA) is 26.3 Å². The second kappa shape index (κ2) is 5.45. The Balaban J connectivity index is 2.59. The quantitative estimate of drug-likeness (QED) is 0.790. The van der Waals surface area contributed by atoms with E-state index in [4.69, 9.17) is 4.74 Å². The van der Waals surface area contributed by atoms with Crippen LogP contribution in [0, 0.1) is 26.6 Å². The highest BCUT2D eigenvalue weighted by molar-refractivity contribution is 6.11. The van der Waals surface area contributed by atoms with Crippen molar-refractivity contribution in [3.8, 4) is 5.75 Å². The molecule has 2 aromatic rings. The number of benzene rings is 2. The van der Waals surface area contributed by atoms with Gasteiger partial charge in [0.2, 0.25) is 0 Å². The van der Waals surface area contributed by atoms with E-state index in [2.05, 4.69) is 0 Å². The molecule has 0 saturated heterocycles. The Kier molecular flexibility index (Phi) is 3.89. The fraction of sp³-hybridized carbons (Fsp3) is 0.235. The van der Waals surface area contributed by atoms with Crippen LogP contribution in [-0.2, 0) is 0 Å². The van der Waals surface area contributed by atoms with Gasteiger partial charge in [-0.3, -0.25) is 4.79 Å². The van der Waals surface area contributed by atoms with E-state index in [9.17, 15) is 9.18 Å². The molecule has 0 fully saturated rings. The van der Waals surface area contributed by atoms with Crippen molar-refractivity contribution in [3.05, 3.63) is 64.0 Å². The van der Waals surface area contributed by atoms with Crippen LogP contribution in [0.2, 0.25) is 0 Å². The van der Waals surface area contributed by atoms with E-state index in [1.165, 1.54) is 19.2 Å². The molecule has 0 aliphatic rings. The molecule has 0 aliphatic carbocycles. The SMILES string of the molecule is COc1c(C(=O)c2cc(F)ccc2C)ccc(C)c1C. The number of ketones is 1. The van der Waals surface area contributed by atoms with Crippen molar-refractivity contribution in [2.75, 3.05) is 7.11 Å². The van der Waals surface area contributed by atoms with Crippen molar-refractivity contribution < 1.29 is 13.9 Å². The second-order valence-corrected chi connectivity index (χ2v) is 4.88. The van der Waals surface area contributed by atoms with Crippen LogP contribution in [0.4, 0.5) is 4.39 Å². The molecule has 2 nitrogen and oxygen atoms in total. The van der Waals surface area contributed by atoms with Crippen molar-refractivity contribution >= 4 is 5.78 Å². The van der Waals surface area contributed by atoms with Gasteiger partial charge in [-0.25, -0.2) is 4.39 Å². The fourth-order valence-corrected chi connectivity index (χ4v) is 2.22. The third kappa shape index (κ3) is 2.44. The van der Waals surface area contributed by atoms with E-state index < -0.39 is 5.82 Å². The number of carbonyl (C=O) groups excluding carboxylic acids is 1. The Bertz CT molecular complexity index is 675. The minimum absolute atomic E-state index is 0.220. The van der Waals surface area contributed by atoms with Gasteiger partial charge in [-0.1, -0.05) is 12.1 Å². The third-order valence-electron chi connectivity index (χ3n) is 3.57. The minimum Gasteiger partial charge on any atom is -0.496 e. The number of aryl methyl sites for hydroxylation is 2. The lowest BCUT2D eigenvalue weighted by Gasteiger charge is -2.13. The molecule has 0 spiro atoms. The summed E-state index contributed by atoms with van der Waals surface area (Å²) in [5, 5.41) is 0. The lowest BCUT2D eigenvalue weighted by Crippen LogP contribution is -2.08. The Labute approximate surface area is 118 Å². The van der Waals surface area contributed by atoms with E-state index in [1.54, 1.807) is 19.1 Å². The summed E-state index contributed by atoms with van der Waals surface area (Å²) >= 11 is 0. The van der Waals surface area contributed by atoms with Crippen LogP contribution in [-0.4, -0.2) is 12.9 Å². The monoisotopic (exact) mass is 272 g/mol. The van der Waals surface area contributed by atoms with E-state index in [-0.39, 0.29) is 5.78 Å². The number of methoxy groups -OCH3 is 1. The number of hydrogen-bond acceptors (Lipinski definition) is 2. The molecular formula is C17H17FO2. The lowest BCUT2D eigenvalue weighted by molar-refractivity contribution is 0.103. The molecule has 0 unspecified atom stereocenters. The maximum absolute atomic E-state index is 13.4. The Morgan fingerprint density at radius 3 is 2.30 bits per heavy atom. The van der Waals surface area contributed by atoms with Crippen LogP contribution >= 0.6 is 0 Å². The molecule has 104 valence electrons. The van der Waals surface area contributed by atoms with E-state index >= 15 is 0 Å². The third-order valence-corrected chi connectivity index (χ3v) is 3.57. The summed E-state index contributed by atoms with van der Waals surface area (Å²) in [6.07, 6.45) is 0. The molecule has 0 N–H and O–H groups in total. The van der Waals surface area contributed by atoms with Gasteiger partial charge in [-0.2, -0.15) is 0 Å².